The number of nitrogens with zero attached hydrogens (tertiary/aromatic N) is 1. The number of aliphatic carboxylic acids is 1. The molecule has 196 valence electrons. The average molecular weight is 533 g/mol. The van der Waals surface area contributed by atoms with Crippen LogP contribution in [0.25, 0.3) is 17.3 Å². The van der Waals surface area contributed by atoms with Crippen LogP contribution < -0.4 is 5.32 Å². The maximum absolute atomic E-state index is 15.5. The Kier molecular flexibility index (Phi) is 8.55. The number of carbonyl (C=O) groups is 2. The maximum atomic E-state index is 15.5. The molecule has 1 heterocycles. The summed E-state index contributed by atoms with van der Waals surface area (Å²) in [7, 11) is 0. The maximum Gasteiger partial charge on any atom is 0.331 e. The second-order valence-corrected chi connectivity index (χ2v) is 10.2. The lowest BCUT2D eigenvalue weighted by molar-refractivity contribution is -0.132. The zero-order valence-electron chi connectivity index (χ0n) is 21.0. The zero-order valence-corrected chi connectivity index (χ0v) is 21.8. The Morgan fingerprint density at radius 1 is 1.19 bits per heavy atom. The molecule has 1 amide bonds. The van der Waals surface area contributed by atoms with Gasteiger partial charge in [-0.3, -0.25) is 10.1 Å². The summed E-state index contributed by atoms with van der Waals surface area (Å²) in [4.78, 5) is 27.8. The number of hydrogen-bond donors (Lipinski definition) is 2. The monoisotopic (exact) mass is 532 g/mol. The molecule has 2 N–H and O–H groups in total. The topological polar surface area (TPSA) is 88.5 Å². The van der Waals surface area contributed by atoms with Crippen molar-refractivity contribution in [1.82, 2.24) is 4.98 Å². The lowest BCUT2D eigenvalue weighted by atomic mass is 9.83. The first-order valence-corrected chi connectivity index (χ1v) is 12.3. The van der Waals surface area contributed by atoms with Crippen molar-refractivity contribution in [3.8, 4) is 11.3 Å². The molecule has 1 atom stereocenters. The Hall–Kier alpha value is -3.50. The number of carboxylic acid groups (broad SMARTS) is 1. The van der Waals surface area contributed by atoms with Crippen molar-refractivity contribution in [2.45, 2.75) is 40.7 Å². The third-order valence-corrected chi connectivity index (χ3v) is 6.23. The molecule has 0 fully saturated rings. The van der Waals surface area contributed by atoms with Gasteiger partial charge in [0.15, 0.2) is 5.13 Å². The summed E-state index contributed by atoms with van der Waals surface area (Å²) < 4.78 is 50.2. The summed E-state index contributed by atoms with van der Waals surface area (Å²) in [5, 5.41) is 13.1. The van der Waals surface area contributed by atoms with E-state index in [2.05, 4.69) is 10.3 Å². The van der Waals surface area contributed by atoms with E-state index >= 15 is 4.39 Å². The summed E-state index contributed by atoms with van der Waals surface area (Å²) in [6.07, 6.45) is 0.359. The highest BCUT2D eigenvalue weighted by Crippen LogP contribution is 2.39. The van der Waals surface area contributed by atoms with Gasteiger partial charge in [0.1, 0.15) is 17.5 Å². The molecule has 10 heteroatoms. The number of halogens is 3. The molecule has 1 unspecified atom stereocenters. The summed E-state index contributed by atoms with van der Waals surface area (Å²) >= 11 is 1.03. The van der Waals surface area contributed by atoms with Crippen LogP contribution in [0.3, 0.4) is 0 Å². The molecule has 1 aromatic heterocycles. The molecule has 6 nitrogen and oxygen atoms in total. The molecule has 0 bridgehead atoms. The highest BCUT2D eigenvalue weighted by Gasteiger charge is 2.30. The second-order valence-electron chi connectivity index (χ2n) is 9.39. The third kappa shape index (κ3) is 6.44. The first-order valence-electron chi connectivity index (χ1n) is 11.4. The normalized spacial score (nSPS) is 12.9. The Morgan fingerprint density at radius 3 is 2.41 bits per heavy atom. The average Bonchev–Trinajstić information content (AvgIpc) is 3.27. The fraction of sp³-hybridized carbons (Fsp3) is 0.296. The third-order valence-electron chi connectivity index (χ3n) is 5.47. The molecule has 3 aromatic rings. The van der Waals surface area contributed by atoms with Gasteiger partial charge in [0.2, 0.25) is 0 Å². The minimum Gasteiger partial charge on any atom is -0.478 e. The molecule has 37 heavy (non-hydrogen) atoms. The van der Waals surface area contributed by atoms with E-state index in [0.29, 0.717) is 12.2 Å². The van der Waals surface area contributed by atoms with Gasteiger partial charge in [-0.25, -0.2) is 22.9 Å². The van der Waals surface area contributed by atoms with E-state index in [9.17, 15) is 18.4 Å². The van der Waals surface area contributed by atoms with Gasteiger partial charge < -0.3 is 9.84 Å². The highest BCUT2D eigenvalue weighted by molar-refractivity contribution is 7.14. The number of nitrogens with one attached hydrogen (secondary N) is 1. The van der Waals surface area contributed by atoms with Crippen molar-refractivity contribution < 1.29 is 32.6 Å². The molecule has 0 aliphatic carbocycles. The molecule has 0 saturated heterocycles. The van der Waals surface area contributed by atoms with Crippen LogP contribution in [0, 0.1) is 22.9 Å². The van der Waals surface area contributed by atoms with Crippen LogP contribution in [0.5, 0.6) is 0 Å². The standard InChI is InChI=1S/C27H27F3N2O4S/c1-6-36-23(27(3,4)5)17-9-7-8-16(22(17)30)21-13-37-26(31-21)32-24(33)15-11-19(28)18(20(29)12-15)10-14(2)25(34)35/h7-13,23H,6H2,1-5H3,(H,34,35)(H,31,32,33)/b14-10+. The molecule has 0 spiro atoms. The van der Waals surface area contributed by atoms with E-state index in [1.807, 2.05) is 27.7 Å². The number of carbonyl (C=O) groups excluding carboxylic acids is 1. The minimum atomic E-state index is -1.33. The van der Waals surface area contributed by atoms with Crippen molar-refractivity contribution in [2.75, 3.05) is 11.9 Å². The highest BCUT2D eigenvalue weighted by atomic mass is 32.1. The Labute approximate surface area is 216 Å². The van der Waals surface area contributed by atoms with Crippen molar-refractivity contribution in [1.29, 1.82) is 0 Å². The predicted octanol–water partition coefficient (Wildman–Crippen LogP) is 7.09. The van der Waals surface area contributed by atoms with Crippen molar-refractivity contribution in [3.63, 3.8) is 0 Å². The smallest absolute Gasteiger partial charge is 0.331 e. The van der Waals surface area contributed by atoms with Gasteiger partial charge in [-0.05, 0) is 43.5 Å². The van der Waals surface area contributed by atoms with Gasteiger partial charge >= 0.3 is 5.97 Å². The summed E-state index contributed by atoms with van der Waals surface area (Å²) in [5.41, 5.74) is -0.617. The molecular formula is C27H27F3N2O4S. The fourth-order valence-electron chi connectivity index (χ4n) is 3.68. The molecule has 0 aliphatic rings. The van der Waals surface area contributed by atoms with E-state index in [1.165, 1.54) is 6.92 Å². The molecule has 0 saturated carbocycles. The van der Waals surface area contributed by atoms with E-state index in [4.69, 9.17) is 9.84 Å². The largest absolute Gasteiger partial charge is 0.478 e. The number of thiazole rings is 1. The second kappa shape index (κ2) is 11.3. The van der Waals surface area contributed by atoms with Gasteiger partial charge in [-0.2, -0.15) is 0 Å². The number of hydrogen-bond acceptors (Lipinski definition) is 5. The quantitative estimate of drug-likeness (QED) is 0.302. The van der Waals surface area contributed by atoms with Crippen molar-refractivity contribution >= 4 is 34.4 Å². The summed E-state index contributed by atoms with van der Waals surface area (Å²) in [6.45, 7) is 9.32. The first-order chi connectivity index (χ1) is 17.3. The van der Waals surface area contributed by atoms with Crippen molar-refractivity contribution in [2.24, 2.45) is 5.41 Å². The number of carboxylic acids is 1. The van der Waals surface area contributed by atoms with Crippen LogP contribution in [-0.4, -0.2) is 28.6 Å². The van der Waals surface area contributed by atoms with Crippen LogP contribution in [0.1, 0.15) is 62.2 Å². The number of amides is 1. The molecular weight excluding hydrogens is 505 g/mol. The number of rotatable bonds is 8. The van der Waals surface area contributed by atoms with E-state index in [0.717, 1.165) is 29.5 Å². The van der Waals surface area contributed by atoms with E-state index < -0.39 is 41.0 Å². The minimum absolute atomic E-state index is 0.105. The zero-order chi connectivity index (χ0) is 27.5. The Bertz CT molecular complexity index is 1340. The SMILES string of the molecule is CCOC(c1cccc(-c2csc(NC(=O)c3cc(F)c(/C=C(\C)C(=O)O)c(F)c3)n2)c1F)C(C)(C)C. The van der Waals surface area contributed by atoms with Gasteiger partial charge in [-0.1, -0.05) is 32.9 Å². The van der Waals surface area contributed by atoms with Crippen LogP contribution in [0.4, 0.5) is 18.3 Å². The van der Waals surface area contributed by atoms with Crippen molar-refractivity contribution in [3.05, 3.63) is 75.4 Å². The summed E-state index contributed by atoms with van der Waals surface area (Å²) in [5.74, 6) is -4.82. The van der Waals surface area contributed by atoms with Crippen LogP contribution in [-0.2, 0) is 9.53 Å². The number of ether oxygens (including phenoxy) is 1. The molecule has 0 aliphatic heterocycles. The fourth-order valence-corrected chi connectivity index (χ4v) is 4.38. The lowest BCUT2D eigenvalue weighted by Crippen LogP contribution is -2.22. The van der Waals surface area contributed by atoms with Crippen LogP contribution in [0.15, 0.2) is 41.3 Å². The van der Waals surface area contributed by atoms with Gasteiger partial charge in [0, 0.05) is 39.8 Å². The number of benzene rings is 2. The number of aromatic nitrogens is 1. The number of anilines is 1. The van der Waals surface area contributed by atoms with Gasteiger partial charge in [-0.15, -0.1) is 11.3 Å². The molecule has 2 aromatic carbocycles. The van der Waals surface area contributed by atoms with E-state index in [-0.39, 0.29) is 32.9 Å². The Morgan fingerprint density at radius 2 is 1.84 bits per heavy atom. The van der Waals surface area contributed by atoms with Crippen LogP contribution >= 0.6 is 11.3 Å². The summed E-state index contributed by atoms with van der Waals surface area (Å²) in [6, 6.07) is 6.55. The lowest BCUT2D eigenvalue weighted by Gasteiger charge is -2.31. The van der Waals surface area contributed by atoms with Gasteiger partial charge in [0.25, 0.3) is 5.91 Å². The first kappa shape index (κ1) is 28.1. The molecule has 0 radical (unpaired) electrons. The Balaban J connectivity index is 1.86. The predicted molar refractivity (Wildman–Crippen MR) is 137 cm³/mol. The van der Waals surface area contributed by atoms with Gasteiger partial charge in [0.05, 0.1) is 11.8 Å². The molecule has 3 rings (SSSR count). The van der Waals surface area contributed by atoms with E-state index in [1.54, 1.807) is 23.6 Å². The van der Waals surface area contributed by atoms with Crippen LogP contribution in [0.2, 0.25) is 0 Å².